The van der Waals surface area contributed by atoms with E-state index in [2.05, 4.69) is 18.2 Å². The smallest absolute Gasteiger partial charge is 0.225 e. The maximum absolute atomic E-state index is 11.0. The van der Waals surface area contributed by atoms with E-state index in [1.807, 2.05) is 60.7 Å². The van der Waals surface area contributed by atoms with Gasteiger partial charge in [0.2, 0.25) is 8.69 Å². The Hall–Kier alpha value is -2.31. The molecule has 0 heterocycles. The van der Waals surface area contributed by atoms with Crippen LogP contribution in [0.5, 0.6) is 5.75 Å². The van der Waals surface area contributed by atoms with E-state index in [0.29, 0.717) is 5.75 Å². The molecular weight excluding hydrogens is 279 g/mol. The number of hydrogen-bond donors (Lipinski definition) is 0. The summed E-state index contributed by atoms with van der Waals surface area (Å²) in [5, 5.41) is 0. The summed E-state index contributed by atoms with van der Waals surface area (Å²) >= 11 is 0. The molecule has 0 bridgehead atoms. The average molecular weight is 294 g/mol. The third-order valence-corrected chi connectivity index (χ3v) is 3.70. The summed E-state index contributed by atoms with van der Waals surface area (Å²) in [7, 11) is -1.29. The van der Waals surface area contributed by atoms with Crippen LogP contribution in [0.25, 0.3) is 22.3 Å². The molecule has 0 aromatic heterocycles. The molecule has 1 unspecified atom stereocenters. The van der Waals surface area contributed by atoms with Crippen LogP contribution in [0.2, 0.25) is 0 Å². The standard InChI is InChI=1S/C18H15O2P/c19-21-20-17-13-7-12-16(14-8-3-1-4-9-14)18(17)15-10-5-2-6-11-15/h1-13H,21H2. The van der Waals surface area contributed by atoms with Gasteiger partial charge in [-0.1, -0.05) is 72.8 Å². The maximum Gasteiger partial charge on any atom is 0.225 e. The molecule has 0 aliphatic heterocycles. The van der Waals surface area contributed by atoms with Crippen LogP contribution in [0.4, 0.5) is 0 Å². The Bertz CT molecular complexity index is 740. The molecule has 0 aliphatic carbocycles. The molecule has 3 aromatic rings. The van der Waals surface area contributed by atoms with E-state index < -0.39 is 8.69 Å². The molecule has 0 spiro atoms. The molecule has 3 aromatic carbocycles. The molecule has 3 heteroatoms. The van der Waals surface area contributed by atoms with E-state index in [1.165, 1.54) is 0 Å². The lowest BCUT2D eigenvalue weighted by Crippen LogP contribution is -1.88. The lowest BCUT2D eigenvalue weighted by molar-refractivity contribution is 0.526. The predicted molar refractivity (Wildman–Crippen MR) is 88.3 cm³/mol. The minimum absolute atomic E-state index is 0.660. The Labute approximate surface area is 125 Å². The molecule has 0 aliphatic rings. The SMILES string of the molecule is O=[PH2]Oc1cccc(-c2ccccc2)c1-c1ccccc1. The zero-order valence-electron chi connectivity index (χ0n) is 11.4. The van der Waals surface area contributed by atoms with Crippen molar-refractivity contribution in [3.63, 3.8) is 0 Å². The zero-order valence-corrected chi connectivity index (χ0v) is 12.6. The number of hydrogen-bond acceptors (Lipinski definition) is 2. The van der Waals surface area contributed by atoms with E-state index >= 15 is 0 Å². The molecule has 0 saturated carbocycles. The topological polar surface area (TPSA) is 26.3 Å². The summed E-state index contributed by atoms with van der Waals surface area (Å²) in [6.07, 6.45) is 0. The van der Waals surface area contributed by atoms with Gasteiger partial charge in [0, 0.05) is 5.56 Å². The fourth-order valence-electron chi connectivity index (χ4n) is 2.44. The largest absolute Gasteiger partial charge is 0.446 e. The summed E-state index contributed by atoms with van der Waals surface area (Å²) in [4.78, 5) is 0. The quantitative estimate of drug-likeness (QED) is 0.628. The fourth-order valence-corrected chi connectivity index (χ4v) is 2.74. The third-order valence-electron chi connectivity index (χ3n) is 3.35. The first-order valence-electron chi connectivity index (χ1n) is 6.74. The van der Waals surface area contributed by atoms with Crippen molar-refractivity contribution in [2.75, 3.05) is 0 Å². The number of rotatable bonds is 4. The van der Waals surface area contributed by atoms with E-state index in [-0.39, 0.29) is 0 Å². The van der Waals surface area contributed by atoms with Gasteiger partial charge in [0.15, 0.2) is 0 Å². The van der Waals surface area contributed by atoms with Gasteiger partial charge in [-0.15, -0.1) is 0 Å². The van der Waals surface area contributed by atoms with Crippen LogP contribution in [0.3, 0.4) is 0 Å². The van der Waals surface area contributed by atoms with E-state index in [4.69, 9.17) is 4.52 Å². The van der Waals surface area contributed by atoms with Gasteiger partial charge >= 0.3 is 0 Å². The van der Waals surface area contributed by atoms with Crippen molar-refractivity contribution in [2.24, 2.45) is 0 Å². The van der Waals surface area contributed by atoms with Crippen LogP contribution in [0.1, 0.15) is 0 Å². The second-order valence-electron chi connectivity index (χ2n) is 4.62. The summed E-state index contributed by atoms with van der Waals surface area (Å²) < 4.78 is 16.4. The summed E-state index contributed by atoms with van der Waals surface area (Å²) in [5.41, 5.74) is 4.22. The van der Waals surface area contributed by atoms with Crippen LogP contribution >= 0.6 is 8.69 Å². The highest BCUT2D eigenvalue weighted by atomic mass is 31.1. The molecule has 0 fully saturated rings. The maximum atomic E-state index is 11.0. The zero-order chi connectivity index (χ0) is 14.5. The second kappa shape index (κ2) is 6.43. The first-order chi connectivity index (χ1) is 10.4. The van der Waals surface area contributed by atoms with Crippen LogP contribution < -0.4 is 4.52 Å². The Balaban J connectivity index is 2.25. The third kappa shape index (κ3) is 2.91. The Kier molecular flexibility index (Phi) is 4.18. The summed E-state index contributed by atoms with van der Waals surface area (Å²) in [5.74, 6) is 0.660. The monoisotopic (exact) mass is 294 g/mol. The molecule has 2 nitrogen and oxygen atoms in total. The predicted octanol–water partition coefficient (Wildman–Crippen LogP) is 5.07. The van der Waals surface area contributed by atoms with Crippen molar-refractivity contribution in [1.29, 1.82) is 0 Å². The van der Waals surface area contributed by atoms with Crippen molar-refractivity contribution in [3.8, 4) is 28.0 Å². The highest BCUT2D eigenvalue weighted by molar-refractivity contribution is 7.17. The van der Waals surface area contributed by atoms with Gasteiger partial charge in [-0.05, 0) is 22.8 Å². The van der Waals surface area contributed by atoms with Gasteiger partial charge in [0.05, 0.1) is 0 Å². The average Bonchev–Trinajstić information content (AvgIpc) is 2.56. The minimum Gasteiger partial charge on any atom is -0.446 e. The molecular formula is C18H15O2P. The first kappa shape index (κ1) is 13.7. The van der Waals surface area contributed by atoms with Crippen LogP contribution in [-0.4, -0.2) is 0 Å². The number of benzene rings is 3. The molecule has 3 rings (SSSR count). The van der Waals surface area contributed by atoms with Crippen molar-refractivity contribution >= 4 is 8.69 Å². The van der Waals surface area contributed by atoms with Crippen molar-refractivity contribution in [3.05, 3.63) is 78.9 Å². The van der Waals surface area contributed by atoms with Crippen molar-refractivity contribution in [2.45, 2.75) is 0 Å². The Morgan fingerprint density at radius 1 is 0.667 bits per heavy atom. The molecule has 0 radical (unpaired) electrons. The van der Waals surface area contributed by atoms with E-state index in [0.717, 1.165) is 22.3 Å². The van der Waals surface area contributed by atoms with Gasteiger partial charge in [0.25, 0.3) is 0 Å². The van der Waals surface area contributed by atoms with Crippen LogP contribution in [0.15, 0.2) is 78.9 Å². The van der Waals surface area contributed by atoms with E-state index in [9.17, 15) is 4.57 Å². The van der Waals surface area contributed by atoms with E-state index in [1.54, 1.807) is 0 Å². The van der Waals surface area contributed by atoms with Gasteiger partial charge in [-0.2, -0.15) is 0 Å². The first-order valence-corrected chi connectivity index (χ1v) is 7.68. The van der Waals surface area contributed by atoms with Crippen molar-refractivity contribution in [1.82, 2.24) is 0 Å². The summed E-state index contributed by atoms with van der Waals surface area (Å²) in [6, 6.07) is 26.0. The Morgan fingerprint density at radius 3 is 1.90 bits per heavy atom. The second-order valence-corrected chi connectivity index (χ2v) is 5.05. The highest BCUT2D eigenvalue weighted by Crippen LogP contribution is 2.40. The van der Waals surface area contributed by atoms with Crippen molar-refractivity contribution < 1.29 is 9.09 Å². The molecule has 0 amide bonds. The van der Waals surface area contributed by atoms with Crippen LogP contribution in [0, 0.1) is 0 Å². The van der Waals surface area contributed by atoms with Gasteiger partial charge < -0.3 is 4.52 Å². The molecule has 0 saturated heterocycles. The van der Waals surface area contributed by atoms with Gasteiger partial charge in [0.1, 0.15) is 5.75 Å². The van der Waals surface area contributed by atoms with Gasteiger partial charge in [-0.3, -0.25) is 4.57 Å². The minimum atomic E-state index is -1.29. The molecule has 21 heavy (non-hydrogen) atoms. The fraction of sp³-hybridized carbons (Fsp3) is 0. The lowest BCUT2D eigenvalue weighted by atomic mass is 9.94. The highest BCUT2D eigenvalue weighted by Gasteiger charge is 2.12. The van der Waals surface area contributed by atoms with Crippen LogP contribution in [-0.2, 0) is 4.57 Å². The molecule has 1 atom stereocenters. The normalized spacial score (nSPS) is 10.9. The lowest BCUT2D eigenvalue weighted by Gasteiger charge is -2.14. The molecule has 104 valence electrons. The van der Waals surface area contributed by atoms with Gasteiger partial charge in [-0.25, -0.2) is 0 Å². The summed E-state index contributed by atoms with van der Waals surface area (Å²) in [6.45, 7) is 0. The Morgan fingerprint density at radius 2 is 1.29 bits per heavy atom. The molecule has 0 N–H and O–H groups in total.